The Morgan fingerprint density at radius 3 is 2.71 bits per heavy atom. The van der Waals surface area contributed by atoms with Crippen LogP contribution in [0.5, 0.6) is 0 Å². The van der Waals surface area contributed by atoms with E-state index in [4.69, 9.17) is 5.11 Å². The highest BCUT2D eigenvalue weighted by molar-refractivity contribution is 5.62. The quantitative estimate of drug-likeness (QED) is 0.655. The molecule has 6 heteroatoms. The summed E-state index contributed by atoms with van der Waals surface area (Å²) in [5.74, 6) is -0.470. The van der Waals surface area contributed by atoms with Crippen LogP contribution in [0.1, 0.15) is 16.7 Å². The van der Waals surface area contributed by atoms with Crippen LogP contribution in [-0.2, 0) is 13.2 Å². The first-order valence-corrected chi connectivity index (χ1v) is 6.38. The first-order valence-electron chi connectivity index (χ1n) is 6.38. The molecule has 0 fully saturated rings. The second-order valence-corrected chi connectivity index (χ2v) is 4.72. The Morgan fingerprint density at radius 2 is 2.05 bits per heavy atom. The molecule has 21 heavy (non-hydrogen) atoms. The van der Waals surface area contributed by atoms with E-state index < -0.39 is 10.7 Å². The van der Waals surface area contributed by atoms with Crippen LogP contribution in [0.25, 0.3) is 0 Å². The summed E-state index contributed by atoms with van der Waals surface area (Å²) in [6.45, 7) is 1.70. The van der Waals surface area contributed by atoms with Gasteiger partial charge in [0, 0.05) is 18.2 Å². The van der Waals surface area contributed by atoms with Gasteiger partial charge in [0.25, 0.3) is 5.69 Å². The van der Waals surface area contributed by atoms with E-state index in [0.717, 1.165) is 11.1 Å². The van der Waals surface area contributed by atoms with Crippen molar-refractivity contribution in [3.8, 4) is 0 Å². The van der Waals surface area contributed by atoms with E-state index in [1.54, 1.807) is 25.1 Å². The number of hydrogen-bond acceptors (Lipinski definition) is 4. The van der Waals surface area contributed by atoms with Crippen molar-refractivity contribution in [1.29, 1.82) is 0 Å². The summed E-state index contributed by atoms with van der Waals surface area (Å²) < 4.78 is 13.3. The Hall–Kier alpha value is -2.47. The van der Waals surface area contributed by atoms with Crippen molar-refractivity contribution in [2.75, 3.05) is 5.32 Å². The van der Waals surface area contributed by atoms with Gasteiger partial charge in [-0.3, -0.25) is 10.1 Å². The number of benzene rings is 2. The number of aliphatic hydroxyl groups excluding tert-OH is 1. The van der Waals surface area contributed by atoms with Gasteiger partial charge in [-0.1, -0.05) is 12.1 Å². The van der Waals surface area contributed by atoms with Gasteiger partial charge in [-0.15, -0.1) is 0 Å². The normalized spacial score (nSPS) is 10.4. The lowest BCUT2D eigenvalue weighted by Crippen LogP contribution is -2.04. The smallest absolute Gasteiger partial charge is 0.292 e. The maximum atomic E-state index is 13.3. The molecule has 2 rings (SSSR count). The summed E-state index contributed by atoms with van der Waals surface area (Å²) in [6, 6.07) is 9.28. The van der Waals surface area contributed by atoms with E-state index in [-0.39, 0.29) is 17.9 Å². The molecule has 2 aromatic rings. The maximum absolute atomic E-state index is 13.3. The number of rotatable bonds is 5. The first-order chi connectivity index (χ1) is 10.0. The highest BCUT2D eigenvalue weighted by Crippen LogP contribution is 2.26. The zero-order valence-electron chi connectivity index (χ0n) is 11.5. The molecule has 0 aliphatic heterocycles. The minimum atomic E-state index is -0.470. The van der Waals surface area contributed by atoms with E-state index in [9.17, 15) is 14.5 Å². The number of nitro groups is 1. The molecule has 0 spiro atoms. The van der Waals surface area contributed by atoms with Crippen molar-refractivity contribution in [2.45, 2.75) is 20.1 Å². The van der Waals surface area contributed by atoms with Gasteiger partial charge in [-0.25, -0.2) is 4.39 Å². The molecule has 0 bridgehead atoms. The summed E-state index contributed by atoms with van der Waals surface area (Å²) in [7, 11) is 0. The topological polar surface area (TPSA) is 75.4 Å². The number of aryl methyl sites for hydroxylation is 1. The van der Waals surface area contributed by atoms with Crippen LogP contribution in [0.3, 0.4) is 0 Å². The average molecular weight is 290 g/mol. The molecule has 0 atom stereocenters. The molecule has 2 aromatic carbocycles. The number of aliphatic hydroxyl groups is 1. The van der Waals surface area contributed by atoms with E-state index in [1.807, 2.05) is 0 Å². The van der Waals surface area contributed by atoms with Gasteiger partial charge in [0.2, 0.25) is 0 Å². The molecule has 0 radical (unpaired) electrons. The van der Waals surface area contributed by atoms with Gasteiger partial charge in [0.1, 0.15) is 11.5 Å². The van der Waals surface area contributed by atoms with E-state index in [1.165, 1.54) is 18.2 Å². The minimum Gasteiger partial charge on any atom is -0.392 e. The molecular formula is C15H15FN2O3. The Balaban J connectivity index is 2.18. The number of anilines is 1. The molecule has 0 saturated carbocycles. The van der Waals surface area contributed by atoms with E-state index in [2.05, 4.69) is 5.32 Å². The highest BCUT2D eigenvalue weighted by Gasteiger charge is 2.13. The van der Waals surface area contributed by atoms with Crippen LogP contribution in [0.4, 0.5) is 15.8 Å². The molecule has 0 aromatic heterocycles. The largest absolute Gasteiger partial charge is 0.392 e. The fraction of sp³-hybridized carbons (Fsp3) is 0.200. The van der Waals surface area contributed by atoms with Crippen molar-refractivity contribution >= 4 is 11.4 Å². The summed E-state index contributed by atoms with van der Waals surface area (Å²) >= 11 is 0. The monoisotopic (exact) mass is 290 g/mol. The van der Waals surface area contributed by atoms with Crippen LogP contribution in [0.2, 0.25) is 0 Å². The first kappa shape index (κ1) is 14.9. The Labute approximate surface area is 121 Å². The Bertz CT molecular complexity index is 674. The molecule has 5 nitrogen and oxygen atoms in total. The SMILES string of the molecule is Cc1ccc(NCc2ccc(F)c(CO)c2)c([N+](=O)[O-])c1. The lowest BCUT2D eigenvalue weighted by molar-refractivity contribution is -0.384. The Kier molecular flexibility index (Phi) is 4.49. The van der Waals surface area contributed by atoms with Crippen LogP contribution in [-0.4, -0.2) is 10.0 Å². The third-order valence-electron chi connectivity index (χ3n) is 3.11. The van der Waals surface area contributed by atoms with Gasteiger partial charge in [0.15, 0.2) is 0 Å². The molecule has 0 saturated heterocycles. The second kappa shape index (κ2) is 6.32. The third kappa shape index (κ3) is 3.55. The standard InChI is InChI=1S/C15H15FN2O3/c1-10-2-5-14(15(6-10)18(20)21)17-8-11-3-4-13(16)12(7-11)9-19/h2-7,17,19H,8-9H2,1H3. The minimum absolute atomic E-state index is 0.000469. The van der Waals surface area contributed by atoms with Crippen molar-refractivity contribution in [2.24, 2.45) is 0 Å². The van der Waals surface area contributed by atoms with Gasteiger partial charge >= 0.3 is 0 Å². The Morgan fingerprint density at radius 1 is 1.29 bits per heavy atom. The second-order valence-electron chi connectivity index (χ2n) is 4.72. The molecule has 0 unspecified atom stereocenters. The molecule has 0 heterocycles. The van der Waals surface area contributed by atoms with E-state index in [0.29, 0.717) is 12.2 Å². The lowest BCUT2D eigenvalue weighted by atomic mass is 10.1. The fourth-order valence-electron chi connectivity index (χ4n) is 2.00. The van der Waals surface area contributed by atoms with Gasteiger partial charge in [-0.05, 0) is 36.2 Å². The summed E-state index contributed by atoms with van der Waals surface area (Å²) in [6.07, 6.45) is 0. The molecule has 0 amide bonds. The van der Waals surface area contributed by atoms with Gasteiger partial charge in [-0.2, -0.15) is 0 Å². The van der Waals surface area contributed by atoms with Crippen molar-refractivity contribution < 1.29 is 14.4 Å². The molecule has 110 valence electrons. The fourth-order valence-corrected chi connectivity index (χ4v) is 2.00. The van der Waals surface area contributed by atoms with Crippen molar-refractivity contribution in [1.82, 2.24) is 0 Å². The zero-order chi connectivity index (χ0) is 15.4. The van der Waals surface area contributed by atoms with Gasteiger partial charge in [0.05, 0.1) is 11.5 Å². The molecule has 0 aliphatic carbocycles. The van der Waals surface area contributed by atoms with E-state index >= 15 is 0 Å². The van der Waals surface area contributed by atoms with Crippen molar-refractivity contribution in [3.05, 3.63) is 69.0 Å². The number of halogens is 1. The number of hydrogen-bond donors (Lipinski definition) is 2. The zero-order valence-corrected chi connectivity index (χ0v) is 11.5. The van der Waals surface area contributed by atoms with Crippen LogP contribution in [0.15, 0.2) is 36.4 Å². The molecule has 2 N–H and O–H groups in total. The van der Waals surface area contributed by atoms with Crippen LogP contribution < -0.4 is 5.32 Å². The van der Waals surface area contributed by atoms with Gasteiger partial charge < -0.3 is 10.4 Å². The summed E-state index contributed by atoms with van der Waals surface area (Å²) in [4.78, 5) is 10.6. The maximum Gasteiger partial charge on any atom is 0.292 e. The number of nitrogens with one attached hydrogen (secondary N) is 1. The predicted octanol–water partition coefficient (Wildman–Crippen LogP) is 3.15. The lowest BCUT2D eigenvalue weighted by Gasteiger charge is -2.09. The highest BCUT2D eigenvalue weighted by atomic mass is 19.1. The number of nitro benzene ring substituents is 1. The predicted molar refractivity (Wildman–Crippen MR) is 77.5 cm³/mol. The van der Waals surface area contributed by atoms with Crippen LogP contribution >= 0.6 is 0 Å². The molecular weight excluding hydrogens is 275 g/mol. The van der Waals surface area contributed by atoms with Crippen molar-refractivity contribution in [3.63, 3.8) is 0 Å². The van der Waals surface area contributed by atoms with Crippen LogP contribution in [0, 0.1) is 22.9 Å². The number of nitrogens with zero attached hydrogens (tertiary/aromatic N) is 1. The summed E-state index contributed by atoms with van der Waals surface area (Å²) in [5, 5.41) is 23.0. The average Bonchev–Trinajstić information content (AvgIpc) is 2.47. The third-order valence-corrected chi connectivity index (χ3v) is 3.11. The molecule has 0 aliphatic rings. The summed E-state index contributed by atoms with van der Waals surface area (Å²) in [5.41, 5.74) is 2.14.